The molecule has 0 fully saturated rings. The fraction of sp³-hybridized carbons (Fsp3) is 0.250. The summed E-state index contributed by atoms with van der Waals surface area (Å²) in [6.07, 6.45) is -4.47. The zero-order valence-corrected chi connectivity index (χ0v) is 9.17. The summed E-state index contributed by atoms with van der Waals surface area (Å²) in [6.45, 7) is -0.200. The van der Waals surface area contributed by atoms with Crippen LogP contribution >= 0.6 is 27.5 Å². The minimum absolute atomic E-state index is 0.0168. The Hall–Kier alpha value is -0.260. The van der Waals surface area contributed by atoms with Crippen molar-refractivity contribution in [3.8, 4) is 0 Å². The SMILES string of the molecule is NCc1cc(Br)cc(Cl)c1C(F)(F)F. The van der Waals surface area contributed by atoms with Crippen LogP contribution in [0.15, 0.2) is 16.6 Å². The van der Waals surface area contributed by atoms with Gasteiger partial charge in [0, 0.05) is 11.0 Å². The molecule has 0 aliphatic rings. The summed E-state index contributed by atoms with van der Waals surface area (Å²) >= 11 is 8.54. The fourth-order valence-corrected chi connectivity index (χ4v) is 2.09. The van der Waals surface area contributed by atoms with Crippen LogP contribution in [0.4, 0.5) is 13.2 Å². The predicted molar refractivity (Wildman–Crippen MR) is 52.0 cm³/mol. The van der Waals surface area contributed by atoms with Gasteiger partial charge >= 0.3 is 6.18 Å². The van der Waals surface area contributed by atoms with Crippen LogP contribution in [0, 0.1) is 0 Å². The maximum Gasteiger partial charge on any atom is 0.418 e. The van der Waals surface area contributed by atoms with Crippen molar-refractivity contribution in [1.29, 1.82) is 0 Å². The van der Waals surface area contributed by atoms with E-state index in [0.29, 0.717) is 4.47 Å². The van der Waals surface area contributed by atoms with Gasteiger partial charge < -0.3 is 5.73 Å². The van der Waals surface area contributed by atoms with Crippen molar-refractivity contribution in [1.82, 2.24) is 0 Å². The van der Waals surface area contributed by atoms with E-state index in [2.05, 4.69) is 15.9 Å². The Bertz CT molecular complexity index is 351. The Morgan fingerprint density at radius 1 is 1.36 bits per heavy atom. The minimum atomic E-state index is -4.47. The van der Waals surface area contributed by atoms with E-state index in [1.54, 1.807) is 0 Å². The number of alkyl halides is 3. The third kappa shape index (κ3) is 2.40. The van der Waals surface area contributed by atoms with Gasteiger partial charge in [-0.05, 0) is 17.7 Å². The van der Waals surface area contributed by atoms with Gasteiger partial charge in [-0.1, -0.05) is 27.5 Å². The van der Waals surface area contributed by atoms with Gasteiger partial charge in [0.2, 0.25) is 0 Å². The smallest absolute Gasteiger partial charge is 0.326 e. The monoisotopic (exact) mass is 287 g/mol. The average molecular weight is 288 g/mol. The van der Waals surface area contributed by atoms with E-state index < -0.39 is 11.7 Å². The quantitative estimate of drug-likeness (QED) is 0.840. The van der Waals surface area contributed by atoms with E-state index in [-0.39, 0.29) is 17.1 Å². The molecule has 0 aliphatic heterocycles. The normalized spacial score (nSPS) is 11.9. The molecular weight excluding hydrogens is 282 g/mol. The van der Waals surface area contributed by atoms with Crippen molar-refractivity contribution >= 4 is 27.5 Å². The first-order valence-corrected chi connectivity index (χ1v) is 4.78. The maximum absolute atomic E-state index is 12.5. The van der Waals surface area contributed by atoms with Crippen LogP contribution in [0.2, 0.25) is 5.02 Å². The summed E-state index contributed by atoms with van der Waals surface area (Å²) in [4.78, 5) is 0. The lowest BCUT2D eigenvalue weighted by Gasteiger charge is -2.13. The summed E-state index contributed by atoms with van der Waals surface area (Å²) in [5, 5.41) is -0.340. The highest BCUT2D eigenvalue weighted by atomic mass is 79.9. The van der Waals surface area contributed by atoms with Crippen molar-refractivity contribution in [2.45, 2.75) is 12.7 Å². The molecule has 0 atom stereocenters. The molecule has 1 aromatic rings. The van der Waals surface area contributed by atoms with Gasteiger partial charge in [0.1, 0.15) is 0 Å². The van der Waals surface area contributed by atoms with Gasteiger partial charge in [-0.2, -0.15) is 13.2 Å². The number of nitrogens with two attached hydrogens (primary N) is 1. The highest BCUT2D eigenvalue weighted by molar-refractivity contribution is 9.10. The second kappa shape index (κ2) is 4.08. The molecule has 1 nitrogen and oxygen atoms in total. The maximum atomic E-state index is 12.5. The number of benzene rings is 1. The van der Waals surface area contributed by atoms with Gasteiger partial charge in [0.15, 0.2) is 0 Å². The van der Waals surface area contributed by atoms with Crippen LogP contribution in [-0.2, 0) is 12.7 Å². The predicted octanol–water partition coefficient (Wildman–Crippen LogP) is 3.58. The Morgan fingerprint density at radius 3 is 2.36 bits per heavy atom. The second-order valence-electron chi connectivity index (χ2n) is 2.62. The summed E-state index contributed by atoms with van der Waals surface area (Å²) in [5.41, 5.74) is 4.33. The van der Waals surface area contributed by atoms with Gasteiger partial charge in [-0.15, -0.1) is 0 Å². The van der Waals surface area contributed by atoms with Crippen LogP contribution in [0.25, 0.3) is 0 Å². The summed E-state index contributed by atoms with van der Waals surface area (Å²) in [5.74, 6) is 0. The molecule has 0 saturated carbocycles. The lowest BCUT2D eigenvalue weighted by molar-refractivity contribution is -0.138. The van der Waals surface area contributed by atoms with Crippen LogP contribution < -0.4 is 5.73 Å². The highest BCUT2D eigenvalue weighted by Gasteiger charge is 2.35. The Balaban J connectivity index is 3.40. The average Bonchev–Trinajstić information content (AvgIpc) is 1.99. The van der Waals surface area contributed by atoms with E-state index >= 15 is 0 Å². The molecule has 0 spiro atoms. The van der Waals surface area contributed by atoms with Gasteiger partial charge in [-0.25, -0.2) is 0 Å². The van der Waals surface area contributed by atoms with Crippen molar-refractivity contribution in [2.24, 2.45) is 5.73 Å². The molecule has 1 aromatic carbocycles. The molecule has 1 rings (SSSR count). The Morgan fingerprint density at radius 2 is 1.93 bits per heavy atom. The molecule has 0 bridgehead atoms. The molecule has 0 aromatic heterocycles. The number of halogens is 5. The van der Waals surface area contributed by atoms with E-state index in [9.17, 15) is 13.2 Å². The summed E-state index contributed by atoms with van der Waals surface area (Å²) in [6, 6.07) is 2.51. The van der Waals surface area contributed by atoms with Crippen LogP contribution in [0.3, 0.4) is 0 Å². The van der Waals surface area contributed by atoms with Gasteiger partial charge in [-0.3, -0.25) is 0 Å². The van der Waals surface area contributed by atoms with Crippen molar-refractivity contribution < 1.29 is 13.2 Å². The molecule has 0 aliphatic carbocycles. The lowest BCUT2D eigenvalue weighted by Crippen LogP contribution is -2.12. The molecule has 14 heavy (non-hydrogen) atoms. The Kier molecular flexibility index (Phi) is 3.44. The molecule has 0 unspecified atom stereocenters. The van der Waals surface area contributed by atoms with E-state index in [4.69, 9.17) is 17.3 Å². The molecular formula is C8H6BrClF3N. The first kappa shape index (κ1) is 11.8. The van der Waals surface area contributed by atoms with Crippen LogP contribution in [-0.4, -0.2) is 0 Å². The zero-order valence-electron chi connectivity index (χ0n) is 6.83. The number of hydrogen-bond acceptors (Lipinski definition) is 1. The van der Waals surface area contributed by atoms with Crippen LogP contribution in [0.1, 0.15) is 11.1 Å². The molecule has 0 heterocycles. The van der Waals surface area contributed by atoms with Crippen LogP contribution in [0.5, 0.6) is 0 Å². The topological polar surface area (TPSA) is 26.0 Å². The van der Waals surface area contributed by atoms with E-state index in [0.717, 1.165) is 0 Å². The molecule has 0 radical (unpaired) electrons. The van der Waals surface area contributed by atoms with Crippen molar-refractivity contribution in [3.63, 3.8) is 0 Å². The third-order valence-electron chi connectivity index (χ3n) is 1.64. The first-order chi connectivity index (χ1) is 6.36. The Labute approximate surface area is 92.2 Å². The van der Waals surface area contributed by atoms with Crippen molar-refractivity contribution in [2.75, 3.05) is 0 Å². The van der Waals surface area contributed by atoms with Gasteiger partial charge in [0.05, 0.1) is 10.6 Å². The van der Waals surface area contributed by atoms with Crippen molar-refractivity contribution in [3.05, 3.63) is 32.8 Å². The molecule has 0 saturated heterocycles. The highest BCUT2D eigenvalue weighted by Crippen LogP contribution is 2.38. The molecule has 6 heteroatoms. The largest absolute Gasteiger partial charge is 0.418 e. The molecule has 2 N–H and O–H groups in total. The summed E-state index contributed by atoms with van der Waals surface area (Å²) < 4.78 is 37.9. The summed E-state index contributed by atoms with van der Waals surface area (Å²) in [7, 11) is 0. The first-order valence-electron chi connectivity index (χ1n) is 3.61. The molecule has 78 valence electrons. The molecule has 0 amide bonds. The second-order valence-corrected chi connectivity index (χ2v) is 3.95. The van der Waals surface area contributed by atoms with E-state index in [1.807, 2.05) is 0 Å². The van der Waals surface area contributed by atoms with E-state index in [1.165, 1.54) is 12.1 Å². The van der Waals surface area contributed by atoms with Gasteiger partial charge in [0.25, 0.3) is 0 Å². The third-order valence-corrected chi connectivity index (χ3v) is 2.40. The minimum Gasteiger partial charge on any atom is -0.326 e. The zero-order chi connectivity index (χ0) is 10.9. The lowest BCUT2D eigenvalue weighted by atomic mass is 10.1. The number of hydrogen-bond donors (Lipinski definition) is 1. The standard InChI is InChI=1S/C8H6BrClF3N/c9-5-1-4(3-14)7(6(10)2-5)8(11,12)13/h1-2H,3,14H2. The fourth-order valence-electron chi connectivity index (χ4n) is 1.11. The number of rotatable bonds is 1.